The molecule has 2 unspecified atom stereocenters. The van der Waals surface area contributed by atoms with Crippen LogP contribution in [0.25, 0.3) is 20.4 Å². The first kappa shape index (κ1) is 25.4. The first-order valence-electron chi connectivity index (χ1n) is 13.9. The number of carbonyl (C=O) groups excluding carboxylic acids is 2. The number of nitrogens with zero attached hydrogens (tertiary/aromatic N) is 2. The SMILES string of the molecule is CC1CCc2nc3sc(C(=O)c4ccc(C(=O)c5sc6nc7c(cc6c5N)CC(C)CC7)cc4)c(N)c3cc2C1. The summed E-state index contributed by atoms with van der Waals surface area (Å²) < 4.78 is 0. The number of anilines is 2. The van der Waals surface area contributed by atoms with Crippen LogP contribution in [0, 0.1) is 11.8 Å². The molecule has 4 aromatic heterocycles. The van der Waals surface area contributed by atoms with Gasteiger partial charge in [-0.15, -0.1) is 22.7 Å². The summed E-state index contributed by atoms with van der Waals surface area (Å²) in [5, 5.41) is 1.72. The van der Waals surface area contributed by atoms with Crippen LogP contribution in [0.5, 0.6) is 0 Å². The van der Waals surface area contributed by atoms with Crippen molar-refractivity contribution >= 4 is 66.0 Å². The zero-order valence-electron chi connectivity index (χ0n) is 22.5. The molecule has 0 aliphatic heterocycles. The van der Waals surface area contributed by atoms with E-state index in [1.54, 1.807) is 24.3 Å². The van der Waals surface area contributed by atoms with E-state index in [2.05, 4.69) is 26.0 Å². The molecule has 2 aliphatic carbocycles. The number of benzene rings is 1. The number of carbonyl (C=O) groups is 2. The Hall–Kier alpha value is -3.62. The lowest BCUT2D eigenvalue weighted by Crippen LogP contribution is -2.12. The predicted octanol–water partition coefficient (Wildman–Crippen LogP) is 6.78. The van der Waals surface area contributed by atoms with Gasteiger partial charge in [-0.3, -0.25) is 9.59 Å². The molecule has 202 valence electrons. The van der Waals surface area contributed by atoms with Crippen molar-refractivity contribution in [1.29, 1.82) is 0 Å². The maximum atomic E-state index is 13.5. The van der Waals surface area contributed by atoms with Crippen LogP contribution in [0.2, 0.25) is 0 Å². The van der Waals surface area contributed by atoms with Gasteiger partial charge < -0.3 is 11.5 Å². The third-order valence-corrected chi connectivity index (χ3v) is 10.7. The van der Waals surface area contributed by atoms with Crippen LogP contribution < -0.4 is 11.5 Å². The highest BCUT2D eigenvalue weighted by molar-refractivity contribution is 7.21. The molecule has 8 heteroatoms. The van der Waals surface area contributed by atoms with E-state index in [9.17, 15) is 9.59 Å². The molecular formula is C32H30N4O2S2. The minimum Gasteiger partial charge on any atom is -0.397 e. The fraction of sp³-hybridized carbons (Fsp3) is 0.312. The maximum absolute atomic E-state index is 13.5. The summed E-state index contributed by atoms with van der Waals surface area (Å²) >= 11 is 2.70. The quantitative estimate of drug-likeness (QED) is 0.232. The van der Waals surface area contributed by atoms with Crippen molar-refractivity contribution in [2.45, 2.75) is 52.4 Å². The van der Waals surface area contributed by atoms with Gasteiger partial charge in [-0.05, 0) is 73.6 Å². The van der Waals surface area contributed by atoms with Gasteiger partial charge in [0, 0.05) is 33.3 Å². The number of nitrogens with two attached hydrogens (primary N) is 2. The van der Waals surface area contributed by atoms with Crippen LogP contribution >= 0.6 is 22.7 Å². The summed E-state index contributed by atoms with van der Waals surface area (Å²) in [7, 11) is 0. The van der Waals surface area contributed by atoms with Crippen molar-refractivity contribution in [1.82, 2.24) is 9.97 Å². The Morgan fingerprint density at radius 2 is 1.12 bits per heavy atom. The number of pyridine rings is 2. The Kier molecular flexibility index (Phi) is 6.02. The molecule has 40 heavy (non-hydrogen) atoms. The monoisotopic (exact) mass is 566 g/mol. The maximum Gasteiger partial charge on any atom is 0.205 e. The Balaban J connectivity index is 1.17. The Bertz CT molecular complexity index is 1720. The van der Waals surface area contributed by atoms with Crippen molar-refractivity contribution in [2.24, 2.45) is 11.8 Å². The molecule has 0 spiro atoms. The molecule has 6 nitrogen and oxygen atoms in total. The largest absolute Gasteiger partial charge is 0.397 e. The number of hydrogen-bond donors (Lipinski definition) is 2. The van der Waals surface area contributed by atoms with E-state index < -0.39 is 0 Å². The molecule has 2 aliphatic rings. The molecule has 0 amide bonds. The molecule has 4 heterocycles. The highest BCUT2D eigenvalue weighted by atomic mass is 32.1. The lowest BCUT2D eigenvalue weighted by Gasteiger charge is -2.20. The minimum absolute atomic E-state index is 0.156. The molecule has 0 bridgehead atoms. The fourth-order valence-corrected chi connectivity index (χ4v) is 8.23. The van der Waals surface area contributed by atoms with Gasteiger partial charge in [0.25, 0.3) is 0 Å². The average molecular weight is 567 g/mol. The van der Waals surface area contributed by atoms with Gasteiger partial charge in [-0.2, -0.15) is 0 Å². The van der Waals surface area contributed by atoms with E-state index in [0.717, 1.165) is 70.3 Å². The van der Waals surface area contributed by atoms with Crippen LogP contribution in [0.15, 0.2) is 36.4 Å². The zero-order valence-corrected chi connectivity index (χ0v) is 24.2. The summed E-state index contributed by atoms with van der Waals surface area (Å²) in [4.78, 5) is 39.3. The standard InChI is InChI=1S/C32H30N4O2S2/c1-15-3-9-23-19(11-15)13-21-25(33)29(39-31(21)35-23)27(37)17-5-7-18(8-6-17)28(38)30-26(34)22-14-20-12-16(2)4-10-24(20)36-32(22)40-30/h5-8,13-16H,3-4,9-12,33-34H2,1-2H3. The molecule has 2 atom stereocenters. The molecule has 0 saturated carbocycles. The van der Waals surface area contributed by atoms with Crippen LogP contribution in [-0.4, -0.2) is 21.5 Å². The van der Waals surface area contributed by atoms with Gasteiger partial charge in [-0.25, -0.2) is 9.97 Å². The van der Waals surface area contributed by atoms with E-state index in [0.29, 0.717) is 44.1 Å². The lowest BCUT2D eigenvalue weighted by molar-refractivity contribution is 0.103. The minimum atomic E-state index is -0.156. The number of aryl methyl sites for hydroxylation is 2. The number of hydrogen-bond acceptors (Lipinski definition) is 8. The normalized spacial score (nSPS) is 18.6. The number of fused-ring (bicyclic) bond motifs is 4. The van der Waals surface area contributed by atoms with Crippen LogP contribution in [0.1, 0.15) is 79.7 Å². The summed E-state index contributed by atoms with van der Waals surface area (Å²) in [6, 6.07) is 11.0. The third kappa shape index (κ3) is 4.12. The molecule has 0 saturated heterocycles. The van der Waals surface area contributed by atoms with E-state index in [4.69, 9.17) is 21.4 Å². The molecule has 5 aromatic rings. The van der Waals surface area contributed by atoms with Gasteiger partial charge in [0.15, 0.2) is 0 Å². The molecule has 0 radical (unpaired) electrons. The first-order valence-corrected chi connectivity index (χ1v) is 15.5. The van der Waals surface area contributed by atoms with E-state index in [1.165, 1.54) is 33.8 Å². The van der Waals surface area contributed by atoms with Gasteiger partial charge in [0.2, 0.25) is 11.6 Å². The molecule has 7 rings (SSSR count). The lowest BCUT2D eigenvalue weighted by atomic mass is 9.87. The average Bonchev–Trinajstić information content (AvgIpc) is 3.45. The molecule has 1 aromatic carbocycles. The van der Waals surface area contributed by atoms with Crippen molar-refractivity contribution in [3.63, 3.8) is 0 Å². The van der Waals surface area contributed by atoms with Gasteiger partial charge in [0.05, 0.1) is 11.4 Å². The van der Waals surface area contributed by atoms with Gasteiger partial charge in [0.1, 0.15) is 19.4 Å². The number of ketones is 2. The smallest absolute Gasteiger partial charge is 0.205 e. The van der Waals surface area contributed by atoms with Crippen molar-refractivity contribution in [3.05, 3.63) is 79.8 Å². The van der Waals surface area contributed by atoms with Crippen molar-refractivity contribution in [3.8, 4) is 0 Å². The van der Waals surface area contributed by atoms with Crippen LogP contribution in [-0.2, 0) is 25.7 Å². The summed E-state index contributed by atoms with van der Waals surface area (Å²) in [5.41, 5.74) is 19.6. The fourth-order valence-electron chi connectivity index (χ4n) is 6.12. The summed E-state index contributed by atoms with van der Waals surface area (Å²) in [6.45, 7) is 4.51. The van der Waals surface area contributed by atoms with E-state index in [-0.39, 0.29) is 11.6 Å². The number of rotatable bonds is 4. The van der Waals surface area contributed by atoms with Crippen molar-refractivity contribution in [2.75, 3.05) is 11.5 Å². The number of nitrogen functional groups attached to an aromatic ring is 2. The Morgan fingerprint density at radius 1 is 0.725 bits per heavy atom. The predicted molar refractivity (Wildman–Crippen MR) is 164 cm³/mol. The molecule has 0 fully saturated rings. The molecular weight excluding hydrogens is 537 g/mol. The number of aromatic nitrogens is 2. The van der Waals surface area contributed by atoms with E-state index in [1.807, 2.05) is 0 Å². The first-order chi connectivity index (χ1) is 19.3. The highest BCUT2D eigenvalue weighted by Crippen LogP contribution is 2.39. The van der Waals surface area contributed by atoms with Crippen LogP contribution in [0.4, 0.5) is 11.4 Å². The second-order valence-electron chi connectivity index (χ2n) is 11.5. The Morgan fingerprint density at radius 3 is 1.52 bits per heavy atom. The van der Waals surface area contributed by atoms with E-state index >= 15 is 0 Å². The van der Waals surface area contributed by atoms with Gasteiger partial charge >= 0.3 is 0 Å². The molecule has 4 N–H and O–H groups in total. The van der Waals surface area contributed by atoms with Crippen molar-refractivity contribution < 1.29 is 9.59 Å². The zero-order chi connectivity index (χ0) is 27.7. The van der Waals surface area contributed by atoms with Gasteiger partial charge in [-0.1, -0.05) is 38.1 Å². The second-order valence-corrected chi connectivity index (χ2v) is 13.5. The Labute approximate surface area is 240 Å². The number of thiophene rings is 2. The summed E-state index contributed by atoms with van der Waals surface area (Å²) in [5.74, 6) is 0.942. The summed E-state index contributed by atoms with van der Waals surface area (Å²) in [6.07, 6.45) is 6.18. The third-order valence-electron chi connectivity index (χ3n) is 8.49. The van der Waals surface area contributed by atoms with Crippen LogP contribution in [0.3, 0.4) is 0 Å². The highest BCUT2D eigenvalue weighted by Gasteiger charge is 2.25. The second kappa shape index (κ2) is 9.49. The topological polar surface area (TPSA) is 112 Å².